The van der Waals surface area contributed by atoms with Crippen LogP contribution in [-0.4, -0.2) is 65.6 Å². The third-order valence-corrected chi connectivity index (χ3v) is 5.19. The van der Waals surface area contributed by atoms with Gasteiger partial charge in [0.05, 0.1) is 18.8 Å². The first-order valence-corrected chi connectivity index (χ1v) is 8.91. The molecular weight excluding hydrogens is 318 g/mol. The third-order valence-electron chi connectivity index (χ3n) is 5.19. The fourth-order valence-corrected chi connectivity index (χ4v) is 3.81. The van der Waals surface area contributed by atoms with Gasteiger partial charge in [-0.2, -0.15) is 0 Å². The molecule has 2 fully saturated rings. The molecule has 2 saturated heterocycles. The molecule has 1 amide bonds. The third kappa shape index (κ3) is 3.07. The molecular formula is C19H23N3O3. The number of benzene rings is 1. The van der Waals surface area contributed by atoms with Crippen LogP contribution in [0.5, 0.6) is 0 Å². The number of morpholine rings is 1. The van der Waals surface area contributed by atoms with E-state index in [0.29, 0.717) is 24.6 Å². The number of rotatable bonds is 3. The van der Waals surface area contributed by atoms with Crippen molar-refractivity contribution in [3.63, 3.8) is 0 Å². The number of likely N-dealkylation sites (tertiary alicyclic amines) is 1. The van der Waals surface area contributed by atoms with E-state index in [0.717, 1.165) is 31.6 Å². The number of aromatic nitrogens is 1. The van der Waals surface area contributed by atoms with Gasteiger partial charge in [0, 0.05) is 25.2 Å². The smallest absolute Gasteiger partial charge is 0.292 e. The molecule has 0 spiro atoms. The summed E-state index contributed by atoms with van der Waals surface area (Å²) >= 11 is 0. The van der Waals surface area contributed by atoms with Crippen molar-refractivity contribution in [2.24, 2.45) is 0 Å². The van der Waals surface area contributed by atoms with E-state index in [4.69, 9.17) is 9.15 Å². The van der Waals surface area contributed by atoms with Crippen molar-refractivity contribution in [1.29, 1.82) is 0 Å². The topological polar surface area (TPSA) is 58.8 Å². The van der Waals surface area contributed by atoms with Crippen LogP contribution in [0.3, 0.4) is 0 Å². The highest BCUT2D eigenvalue weighted by Crippen LogP contribution is 2.28. The number of hydrogen-bond acceptors (Lipinski definition) is 5. The van der Waals surface area contributed by atoms with E-state index in [1.165, 1.54) is 6.39 Å². The maximum atomic E-state index is 13.2. The Hall–Kier alpha value is -2.18. The quantitative estimate of drug-likeness (QED) is 0.857. The molecule has 2 aromatic rings. The number of piperidine rings is 1. The van der Waals surface area contributed by atoms with Crippen molar-refractivity contribution in [3.05, 3.63) is 42.5 Å². The number of oxazole rings is 1. The van der Waals surface area contributed by atoms with Gasteiger partial charge in [-0.15, -0.1) is 0 Å². The first kappa shape index (κ1) is 16.3. The lowest BCUT2D eigenvalue weighted by Crippen LogP contribution is -2.61. The lowest BCUT2D eigenvalue weighted by Gasteiger charge is -2.46. The maximum Gasteiger partial charge on any atom is 0.292 e. The number of amides is 1. The Bertz CT molecular complexity index is 731. The van der Waals surface area contributed by atoms with Crippen molar-refractivity contribution in [2.45, 2.75) is 25.5 Å². The van der Waals surface area contributed by atoms with Crippen LogP contribution in [0.4, 0.5) is 0 Å². The summed E-state index contributed by atoms with van der Waals surface area (Å²) in [5.41, 5.74) is 1.50. The van der Waals surface area contributed by atoms with Crippen LogP contribution in [-0.2, 0) is 4.74 Å². The van der Waals surface area contributed by atoms with Gasteiger partial charge in [0.2, 0.25) is 5.76 Å². The van der Waals surface area contributed by atoms with E-state index in [1.54, 1.807) is 0 Å². The van der Waals surface area contributed by atoms with E-state index < -0.39 is 0 Å². The Morgan fingerprint density at radius 3 is 2.92 bits per heavy atom. The highest BCUT2D eigenvalue weighted by atomic mass is 16.5. The molecule has 2 aliphatic heterocycles. The van der Waals surface area contributed by atoms with E-state index >= 15 is 0 Å². The average molecular weight is 341 g/mol. The standard InChI is InChI=1S/C19H23N3O3/c1-2-21-9-8-16-15(12-21)22(10-11-24-16)19(23)18-17(20-13-25-18)14-6-4-3-5-7-14/h3-7,13,15-16H,2,8-12H2,1H3/t15-,16+/m0/s1. The molecule has 3 heterocycles. The predicted octanol–water partition coefficient (Wildman–Crippen LogP) is 2.28. The van der Waals surface area contributed by atoms with Gasteiger partial charge < -0.3 is 19.0 Å². The summed E-state index contributed by atoms with van der Waals surface area (Å²) in [4.78, 5) is 21.8. The number of likely N-dealkylation sites (N-methyl/N-ethyl adjacent to an activating group) is 1. The number of ether oxygens (including phenoxy) is 1. The largest absolute Gasteiger partial charge is 0.438 e. The monoisotopic (exact) mass is 341 g/mol. The first-order chi connectivity index (χ1) is 12.3. The Morgan fingerprint density at radius 1 is 1.28 bits per heavy atom. The molecule has 1 aromatic carbocycles. The Morgan fingerprint density at radius 2 is 2.12 bits per heavy atom. The molecule has 0 radical (unpaired) electrons. The number of carbonyl (C=O) groups excluding carboxylic acids is 1. The van der Waals surface area contributed by atoms with Gasteiger partial charge in [0.25, 0.3) is 5.91 Å². The second-order valence-electron chi connectivity index (χ2n) is 6.55. The van der Waals surface area contributed by atoms with Crippen LogP contribution in [0.1, 0.15) is 23.9 Å². The SMILES string of the molecule is CCN1CC[C@H]2OCCN(C(=O)c3ocnc3-c3ccccc3)[C@H]2C1. The second-order valence-corrected chi connectivity index (χ2v) is 6.55. The van der Waals surface area contributed by atoms with Crippen LogP contribution in [0.15, 0.2) is 41.1 Å². The average Bonchev–Trinajstić information content (AvgIpc) is 3.17. The molecule has 0 bridgehead atoms. The van der Waals surface area contributed by atoms with Crippen molar-refractivity contribution >= 4 is 5.91 Å². The summed E-state index contributed by atoms with van der Waals surface area (Å²) in [6.07, 6.45) is 2.43. The van der Waals surface area contributed by atoms with Gasteiger partial charge in [-0.25, -0.2) is 4.98 Å². The molecule has 0 saturated carbocycles. The Labute approximate surface area is 147 Å². The summed E-state index contributed by atoms with van der Waals surface area (Å²) in [6, 6.07) is 9.77. The Balaban J connectivity index is 1.61. The fraction of sp³-hybridized carbons (Fsp3) is 0.474. The summed E-state index contributed by atoms with van der Waals surface area (Å²) in [5, 5.41) is 0. The van der Waals surface area contributed by atoms with Crippen molar-refractivity contribution in [3.8, 4) is 11.3 Å². The molecule has 132 valence electrons. The minimum atomic E-state index is -0.0902. The zero-order valence-electron chi connectivity index (χ0n) is 14.4. The van der Waals surface area contributed by atoms with Crippen LogP contribution in [0.2, 0.25) is 0 Å². The van der Waals surface area contributed by atoms with Gasteiger partial charge in [-0.3, -0.25) is 4.79 Å². The summed E-state index contributed by atoms with van der Waals surface area (Å²) in [7, 11) is 0. The maximum absolute atomic E-state index is 13.2. The molecule has 4 rings (SSSR count). The lowest BCUT2D eigenvalue weighted by atomic mass is 9.98. The number of fused-ring (bicyclic) bond motifs is 1. The van der Waals surface area contributed by atoms with Crippen LogP contribution < -0.4 is 0 Å². The van der Waals surface area contributed by atoms with E-state index in [9.17, 15) is 4.79 Å². The predicted molar refractivity (Wildman–Crippen MR) is 93.2 cm³/mol. The van der Waals surface area contributed by atoms with E-state index in [-0.39, 0.29) is 18.1 Å². The summed E-state index contributed by atoms with van der Waals surface area (Å²) < 4.78 is 11.4. The van der Waals surface area contributed by atoms with Crippen LogP contribution >= 0.6 is 0 Å². The van der Waals surface area contributed by atoms with Gasteiger partial charge in [0.15, 0.2) is 6.39 Å². The van der Waals surface area contributed by atoms with Crippen molar-refractivity contribution in [2.75, 3.05) is 32.8 Å². The molecule has 25 heavy (non-hydrogen) atoms. The first-order valence-electron chi connectivity index (χ1n) is 8.91. The molecule has 6 nitrogen and oxygen atoms in total. The van der Waals surface area contributed by atoms with Gasteiger partial charge in [0.1, 0.15) is 5.69 Å². The number of hydrogen-bond donors (Lipinski definition) is 0. The minimum Gasteiger partial charge on any atom is -0.438 e. The highest BCUT2D eigenvalue weighted by Gasteiger charge is 2.40. The summed E-state index contributed by atoms with van der Waals surface area (Å²) in [5.74, 6) is 0.230. The zero-order valence-corrected chi connectivity index (χ0v) is 14.4. The normalized spacial score (nSPS) is 24.1. The molecule has 0 unspecified atom stereocenters. The van der Waals surface area contributed by atoms with Crippen LogP contribution in [0.25, 0.3) is 11.3 Å². The Kier molecular flexibility index (Phi) is 4.55. The summed E-state index contributed by atoms with van der Waals surface area (Å²) in [6.45, 7) is 6.18. The molecule has 0 N–H and O–H groups in total. The molecule has 2 atom stereocenters. The highest BCUT2D eigenvalue weighted by molar-refractivity contribution is 5.97. The number of carbonyl (C=O) groups is 1. The zero-order chi connectivity index (χ0) is 17.2. The fourth-order valence-electron chi connectivity index (χ4n) is 3.81. The number of nitrogens with zero attached hydrogens (tertiary/aromatic N) is 3. The van der Waals surface area contributed by atoms with Gasteiger partial charge >= 0.3 is 0 Å². The van der Waals surface area contributed by atoms with Crippen molar-refractivity contribution in [1.82, 2.24) is 14.8 Å². The lowest BCUT2D eigenvalue weighted by molar-refractivity contribution is -0.0901. The van der Waals surface area contributed by atoms with Crippen molar-refractivity contribution < 1.29 is 13.9 Å². The second kappa shape index (κ2) is 6.98. The van der Waals surface area contributed by atoms with E-state index in [2.05, 4.69) is 16.8 Å². The van der Waals surface area contributed by atoms with Crippen LogP contribution in [0, 0.1) is 0 Å². The molecule has 6 heteroatoms. The van der Waals surface area contributed by atoms with Gasteiger partial charge in [-0.1, -0.05) is 37.3 Å². The van der Waals surface area contributed by atoms with Gasteiger partial charge in [-0.05, 0) is 13.0 Å². The molecule has 2 aliphatic rings. The van der Waals surface area contributed by atoms with E-state index in [1.807, 2.05) is 35.2 Å². The molecule has 0 aliphatic carbocycles. The minimum absolute atomic E-state index is 0.0728. The molecule has 1 aromatic heterocycles.